The molecule has 0 spiro atoms. The molecule has 2 aromatic carbocycles. The van der Waals surface area contributed by atoms with Crippen LogP contribution in [-0.4, -0.2) is 63.0 Å². The highest BCUT2D eigenvalue weighted by Gasteiger charge is 2.26. The van der Waals surface area contributed by atoms with E-state index in [1.807, 2.05) is 0 Å². The zero-order valence-corrected chi connectivity index (χ0v) is 16.1. The molecule has 0 aromatic heterocycles. The van der Waals surface area contributed by atoms with E-state index in [2.05, 4.69) is 9.80 Å². The average molecular weight is 394 g/mol. The fourth-order valence-electron chi connectivity index (χ4n) is 3.44. The average Bonchev–Trinajstić information content (AvgIpc) is 2.64. The molecular weight excluding hydrogens is 370 g/mol. The first kappa shape index (κ1) is 19.9. The molecule has 1 heterocycles. The van der Waals surface area contributed by atoms with Gasteiger partial charge in [0.1, 0.15) is 21.5 Å². The number of halogens is 2. The Morgan fingerprint density at radius 3 is 1.70 bits per heavy atom. The Labute approximate surface area is 159 Å². The molecule has 0 bridgehead atoms. The Kier molecular flexibility index (Phi) is 6.24. The van der Waals surface area contributed by atoms with Crippen LogP contribution < -0.4 is 0 Å². The predicted octanol–water partition coefficient (Wildman–Crippen LogP) is 2.72. The topological polar surface area (TPSA) is 40.6 Å². The van der Waals surface area contributed by atoms with Crippen LogP contribution in [0, 0.1) is 11.6 Å². The molecule has 0 amide bonds. The number of nitrogens with zero attached hydrogens (tertiary/aromatic N) is 2. The molecule has 0 N–H and O–H groups in total. The van der Waals surface area contributed by atoms with Crippen molar-refractivity contribution in [1.29, 1.82) is 0 Å². The van der Waals surface area contributed by atoms with Gasteiger partial charge in [0.05, 0.1) is 11.8 Å². The smallest absolute Gasteiger partial charge is 0.148 e. The third-order valence-corrected chi connectivity index (χ3v) is 5.85. The molecule has 146 valence electrons. The van der Waals surface area contributed by atoms with Gasteiger partial charge in [0.2, 0.25) is 0 Å². The van der Waals surface area contributed by atoms with Crippen LogP contribution in [0.2, 0.25) is 0 Å². The van der Waals surface area contributed by atoms with Crippen LogP contribution in [0.4, 0.5) is 8.78 Å². The molecule has 1 aliphatic rings. The van der Waals surface area contributed by atoms with Gasteiger partial charge in [-0.05, 0) is 35.4 Å². The van der Waals surface area contributed by atoms with E-state index in [0.29, 0.717) is 6.54 Å². The van der Waals surface area contributed by atoms with E-state index >= 15 is 0 Å². The summed E-state index contributed by atoms with van der Waals surface area (Å²) in [6, 6.07) is 12.7. The molecule has 0 unspecified atom stereocenters. The summed E-state index contributed by atoms with van der Waals surface area (Å²) in [5, 5.41) is 0. The fraction of sp³-hybridized carbons (Fsp3) is 0.400. The first-order valence-corrected chi connectivity index (χ1v) is 11.0. The molecule has 1 fully saturated rings. The van der Waals surface area contributed by atoms with Gasteiger partial charge in [-0.15, -0.1) is 0 Å². The number of benzene rings is 2. The molecule has 3 rings (SSSR count). The van der Waals surface area contributed by atoms with Crippen LogP contribution in [0.1, 0.15) is 17.2 Å². The van der Waals surface area contributed by atoms with Crippen LogP contribution in [0.3, 0.4) is 0 Å². The maximum Gasteiger partial charge on any atom is 0.148 e. The molecule has 0 aliphatic carbocycles. The lowest BCUT2D eigenvalue weighted by atomic mass is 9.96. The summed E-state index contributed by atoms with van der Waals surface area (Å²) in [6.45, 7) is 3.56. The normalized spacial score (nSPS) is 16.7. The van der Waals surface area contributed by atoms with Crippen molar-refractivity contribution in [3.8, 4) is 0 Å². The van der Waals surface area contributed by atoms with E-state index < -0.39 is 9.84 Å². The lowest BCUT2D eigenvalue weighted by Gasteiger charge is -2.39. The minimum Gasteiger partial charge on any atom is -0.300 e. The second-order valence-corrected chi connectivity index (χ2v) is 9.27. The van der Waals surface area contributed by atoms with Crippen molar-refractivity contribution in [3.63, 3.8) is 0 Å². The van der Waals surface area contributed by atoms with E-state index in [0.717, 1.165) is 37.3 Å². The summed E-state index contributed by atoms with van der Waals surface area (Å²) in [6.07, 6.45) is 1.25. The second kappa shape index (κ2) is 8.46. The molecule has 0 atom stereocenters. The van der Waals surface area contributed by atoms with Gasteiger partial charge in [0.25, 0.3) is 0 Å². The third-order valence-electron chi connectivity index (χ3n) is 4.92. The summed E-state index contributed by atoms with van der Waals surface area (Å²) in [4.78, 5) is 4.42. The quantitative estimate of drug-likeness (QED) is 0.756. The highest BCUT2D eigenvalue weighted by molar-refractivity contribution is 7.90. The van der Waals surface area contributed by atoms with Crippen LogP contribution in [0.5, 0.6) is 0 Å². The number of piperazine rings is 1. The van der Waals surface area contributed by atoms with Crippen LogP contribution in [0.25, 0.3) is 0 Å². The monoisotopic (exact) mass is 394 g/mol. The first-order valence-electron chi connectivity index (χ1n) is 8.97. The Bertz CT molecular complexity index is 801. The number of hydrogen-bond donors (Lipinski definition) is 0. The molecule has 27 heavy (non-hydrogen) atoms. The fourth-order valence-corrected chi connectivity index (χ4v) is 4.03. The van der Waals surface area contributed by atoms with E-state index in [1.165, 1.54) is 30.5 Å². The van der Waals surface area contributed by atoms with E-state index in [4.69, 9.17) is 0 Å². The third kappa shape index (κ3) is 5.57. The van der Waals surface area contributed by atoms with Crippen molar-refractivity contribution in [1.82, 2.24) is 9.80 Å². The second-order valence-electron chi connectivity index (χ2n) is 7.01. The van der Waals surface area contributed by atoms with Gasteiger partial charge in [-0.1, -0.05) is 24.3 Å². The number of hydrogen-bond acceptors (Lipinski definition) is 4. The van der Waals surface area contributed by atoms with Crippen LogP contribution in [0.15, 0.2) is 48.5 Å². The Hall–Kier alpha value is -1.83. The number of rotatable bonds is 6. The summed E-state index contributed by atoms with van der Waals surface area (Å²) in [5.74, 6) is -0.420. The van der Waals surface area contributed by atoms with Crippen molar-refractivity contribution in [2.75, 3.05) is 44.7 Å². The SMILES string of the molecule is CS(=O)(=O)CCN1CCN(C(c2ccc(F)cc2)c2ccc(F)cc2)CC1. The van der Waals surface area contributed by atoms with Gasteiger partial charge in [0, 0.05) is 39.0 Å². The standard InChI is InChI=1S/C20H24F2N2O2S/c1-27(25,26)15-14-23-10-12-24(13-11-23)20(16-2-6-18(21)7-3-16)17-4-8-19(22)9-5-17/h2-9,20H,10-15H2,1H3. The Morgan fingerprint density at radius 1 is 0.852 bits per heavy atom. The molecular formula is C20H24F2N2O2S. The van der Waals surface area contributed by atoms with Gasteiger partial charge < -0.3 is 0 Å². The van der Waals surface area contributed by atoms with Crippen molar-refractivity contribution in [2.45, 2.75) is 6.04 Å². The lowest BCUT2D eigenvalue weighted by Crippen LogP contribution is -2.48. The molecule has 2 aromatic rings. The first-order chi connectivity index (χ1) is 12.8. The Balaban J connectivity index is 1.76. The zero-order chi connectivity index (χ0) is 19.4. The largest absolute Gasteiger partial charge is 0.300 e. The van der Waals surface area contributed by atoms with Crippen molar-refractivity contribution in [3.05, 3.63) is 71.3 Å². The summed E-state index contributed by atoms with van der Waals surface area (Å²) in [5.41, 5.74) is 1.90. The number of sulfone groups is 1. The van der Waals surface area contributed by atoms with E-state index in [9.17, 15) is 17.2 Å². The van der Waals surface area contributed by atoms with Crippen LogP contribution in [-0.2, 0) is 9.84 Å². The van der Waals surface area contributed by atoms with Gasteiger partial charge in [0.15, 0.2) is 0 Å². The van der Waals surface area contributed by atoms with Crippen molar-refractivity contribution >= 4 is 9.84 Å². The van der Waals surface area contributed by atoms with Gasteiger partial charge in [-0.2, -0.15) is 0 Å². The zero-order valence-electron chi connectivity index (χ0n) is 15.3. The van der Waals surface area contributed by atoms with E-state index in [-0.39, 0.29) is 23.4 Å². The van der Waals surface area contributed by atoms with Crippen LogP contribution >= 0.6 is 0 Å². The maximum atomic E-state index is 13.4. The van der Waals surface area contributed by atoms with Crippen molar-refractivity contribution in [2.24, 2.45) is 0 Å². The molecule has 4 nitrogen and oxygen atoms in total. The van der Waals surface area contributed by atoms with Gasteiger partial charge in [-0.25, -0.2) is 17.2 Å². The van der Waals surface area contributed by atoms with Crippen molar-refractivity contribution < 1.29 is 17.2 Å². The summed E-state index contributed by atoms with van der Waals surface area (Å²) < 4.78 is 49.5. The lowest BCUT2D eigenvalue weighted by molar-refractivity contribution is 0.114. The summed E-state index contributed by atoms with van der Waals surface area (Å²) in [7, 11) is -2.97. The molecule has 0 radical (unpaired) electrons. The molecule has 1 aliphatic heterocycles. The maximum absolute atomic E-state index is 13.4. The molecule has 7 heteroatoms. The highest BCUT2D eigenvalue weighted by Crippen LogP contribution is 2.30. The highest BCUT2D eigenvalue weighted by atomic mass is 32.2. The van der Waals surface area contributed by atoms with Gasteiger partial charge >= 0.3 is 0 Å². The predicted molar refractivity (Wildman–Crippen MR) is 102 cm³/mol. The Morgan fingerprint density at radius 2 is 1.30 bits per heavy atom. The van der Waals surface area contributed by atoms with Gasteiger partial charge in [-0.3, -0.25) is 9.80 Å². The van der Waals surface area contributed by atoms with E-state index in [1.54, 1.807) is 24.3 Å². The molecule has 1 saturated heterocycles. The minimum atomic E-state index is -2.97. The minimum absolute atomic E-state index is 0.0942. The summed E-state index contributed by atoms with van der Waals surface area (Å²) >= 11 is 0. The molecule has 0 saturated carbocycles.